The molecule has 0 aliphatic heterocycles. The first-order valence-electron chi connectivity index (χ1n) is 7.27. The Kier molecular flexibility index (Phi) is 6.46. The number of nitrogens with two attached hydrogens (primary N) is 1. The molecule has 0 aliphatic rings. The maximum atomic E-state index is 11.1. The molecule has 7 heteroatoms. The van der Waals surface area contributed by atoms with E-state index >= 15 is 0 Å². The van der Waals surface area contributed by atoms with E-state index in [1.165, 1.54) is 0 Å². The molecule has 0 bridgehead atoms. The maximum absolute atomic E-state index is 11.1. The summed E-state index contributed by atoms with van der Waals surface area (Å²) in [6, 6.07) is 12.4. The number of halogens is 2. The van der Waals surface area contributed by atoms with Gasteiger partial charge >= 0.3 is 0 Å². The SMILES string of the molecule is CN=C(NCc1ccc(C(N)=O)cc1)NCc1ccc(Cl)cc1Cl. The van der Waals surface area contributed by atoms with Crippen LogP contribution in [0.1, 0.15) is 21.5 Å². The summed E-state index contributed by atoms with van der Waals surface area (Å²) >= 11 is 12.0. The zero-order valence-corrected chi connectivity index (χ0v) is 14.7. The van der Waals surface area contributed by atoms with Crippen LogP contribution in [0.4, 0.5) is 0 Å². The van der Waals surface area contributed by atoms with Crippen LogP contribution in [-0.2, 0) is 13.1 Å². The van der Waals surface area contributed by atoms with E-state index in [9.17, 15) is 4.79 Å². The molecule has 0 aromatic heterocycles. The Hall–Kier alpha value is -2.24. The highest BCUT2D eigenvalue weighted by molar-refractivity contribution is 6.35. The summed E-state index contributed by atoms with van der Waals surface area (Å²) < 4.78 is 0. The number of primary amides is 1. The van der Waals surface area contributed by atoms with Gasteiger partial charge in [0, 0.05) is 35.7 Å². The molecule has 2 aromatic carbocycles. The molecule has 0 saturated heterocycles. The summed E-state index contributed by atoms with van der Waals surface area (Å²) in [6.45, 7) is 1.09. The summed E-state index contributed by atoms with van der Waals surface area (Å²) in [7, 11) is 1.69. The van der Waals surface area contributed by atoms with Gasteiger partial charge in [0.15, 0.2) is 5.96 Å². The van der Waals surface area contributed by atoms with Crippen molar-refractivity contribution in [2.45, 2.75) is 13.1 Å². The lowest BCUT2D eigenvalue weighted by Crippen LogP contribution is -2.36. The summed E-state index contributed by atoms with van der Waals surface area (Å²) in [5.41, 5.74) is 7.64. The van der Waals surface area contributed by atoms with Gasteiger partial charge in [-0.3, -0.25) is 9.79 Å². The number of hydrogen-bond acceptors (Lipinski definition) is 2. The third kappa shape index (κ3) is 5.15. The van der Waals surface area contributed by atoms with Crippen LogP contribution in [0, 0.1) is 0 Å². The van der Waals surface area contributed by atoms with Crippen LogP contribution in [0.2, 0.25) is 10.0 Å². The lowest BCUT2D eigenvalue weighted by Gasteiger charge is -2.13. The van der Waals surface area contributed by atoms with Gasteiger partial charge in [-0.05, 0) is 35.4 Å². The molecule has 0 saturated carbocycles. The zero-order chi connectivity index (χ0) is 17.5. The van der Waals surface area contributed by atoms with Crippen molar-refractivity contribution in [1.82, 2.24) is 10.6 Å². The van der Waals surface area contributed by atoms with Gasteiger partial charge in [-0.15, -0.1) is 0 Å². The van der Waals surface area contributed by atoms with Crippen molar-refractivity contribution in [2.24, 2.45) is 10.7 Å². The summed E-state index contributed by atoms with van der Waals surface area (Å²) in [6.07, 6.45) is 0. The Bertz CT molecular complexity index is 745. The molecular weight excluding hydrogens is 347 g/mol. The second kappa shape index (κ2) is 8.57. The molecule has 24 heavy (non-hydrogen) atoms. The van der Waals surface area contributed by atoms with Gasteiger partial charge < -0.3 is 16.4 Å². The fourth-order valence-electron chi connectivity index (χ4n) is 2.04. The lowest BCUT2D eigenvalue weighted by atomic mass is 10.1. The zero-order valence-electron chi connectivity index (χ0n) is 13.1. The fourth-order valence-corrected chi connectivity index (χ4v) is 2.51. The van der Waals surface area contributed by atoms with Gasteiger partial charge in [0.1, 0.15) is 0 Å². The van der Waals surface area contributed by atoms with Gasteiger partial charge in [0.05, 0.1) is 0 Å². The number of hydrogen-bond donors (Lipinski definition) is 3. The van der Waals surface area contributed by atoms with E-state index < -0.39 is 5.91 Å². The number of nitrogens with one attached hydrogen (secondary N) is 2. The molecule has 1 amide bonds. The number of aliphatic imine (C=N–C) groups is 1. The Morgan fingerprint density at radius 1 is 1.08 bits per heavy atom. The van der Waals surface area contributed by atoms with Crippen LogP contribution in [0.25, 0.3) is 0 Å². The Balaban J connectivity index is 1.89. The molecule has 0 aliphatic carbocycles. The van der Waals surface area contributed by atoms with Crippen molar-refractivity contribution in [3.8, 4) is 0 Å². The standard InChI is InChI=1S/C17H18Cl2N4O/c1-21-17(23-10-13-6-7-14(18)8-15(13)19)22-9-11-2-4-12(5-3-11)16(20)24/h2-8H,9-10H2,1H3,(H2,20,24)(H2,21,22,23). The molecule has 0 spiro atoms. The minimum absolute atomic E-state index is 0.438. The van der Waals surface area contributed by atoms with Gasteiger partial charge in [-0.1, -0.05) is 41.4 Å². The van der Waals surface area contributed by atoms with Crippen LogP contribution in [-0.4, -0.2) is 18.9 Å². The molecule has 2 rings (SSSR count). The molecule has 4 N–H and O–H groups in total. The quantitative estimate of drug-likeness (QED) is 0.563. The first-order chi connectivity index (χ1) is 11.5. The lowest BCUT2D eigenvalue weighted by molar-refractivity contribution is 0.100. The van der Waals surface area contributed by atoms with Crippen molar-refractivity contribution >= 4 is 35.1 Å². The van der Waals surface area contributed by atoms with Gasteiger partial charge in [0.25, 0.3) is 0 Å². The Morgan fingerprint density at radius 3 is 2.33 bits per heavy atom. The summed E-state index contributed by atoms with van der Waals surface area (Å²) in [4.78, 5) is 15.2. The van der Waals surface area contributed by atoms with Crippen LogP contribution in [0.5, 0.6) is 0 Å². The summed E-state index contributed by atoms with van der Waals surface area (Å²) in [5.74, 6) is 0.201. The van der Waals surface area contributed by atoms with Crippen molar-refractivity contribution in [3.05, 3.63) is 69.2 Å². The highest BCUT2D eigenvalue weighted by Crippen LogP contribution is 2.20. The topological polar surface area (TPSA) is 79.5 Å². The van der Waals surface area contributed by atoms with E-state index in [0.717, 1.165) is 11.1 Å². The van der Waals surface area contributed by atoms with Gasteiger partial charge in [-0.2, -0.15) is 0 Å². The van der Waals surface area contributed by atoms with Crippen LogP contribution in [0.15, 0.2) is 47.5 Å². The molecule has 2 aromatic rings. The van der Waals surface area contributed by atoms with Crippen LogP contribution >= 0.6 is 23.2 Å². The Labute approximate surface area is 150 Å². The fraction of sp³-hybridized carbons (Fsp3) is 0.176. The van der Waals surface area contributed by atoms with Crippen molar-refractivity contribution in [1.29, 1.82) is 0 Å². The number of rotatable bonds is 5. The molecule has 0 fully saturated rings. The number of benzene rings is 2. The highest BCUT2D eigenvalue weighted by Gasteiger charge is 2.04. The normalized spacial score (nSPS) is 11.2. The van der Waals surface area contributed by atoms with E-state index in [2.05, 4.69) is 15.6 Å². The third-order valence-electron chi connectivity index (χ3n) is 3.38. The predicted molar refractivity (Wildman–Crippen MR) is 98.5 cm³/mol. The largest absolute Gasteiger partial charge is 0.366 e. The number of amides is 1. The third-order valence-corrected chi connectivity index (χ3v) is 3.97. The highest BCUT2D eigenvalue weighted by atomic mass is 35.5. The number of guanidine groups is 1. The van der Waals surface area contributed by atoms with Crippen LogP contribution in [0.3, 0.4) is 0 Å². The van der Waals surface area contributed by atoms with E-state index in [-0.39, 0.29) is 0 Å². The second-order valence-electron chi connectivity index (χ2n) is 5.08. The molecule has 5 nitrogen and oxygen atoms in total. The molecule has 0 atom stereocenters. The molecule has 0 radical (unpaired) electrons. The molecule has 0 unspecified atom stereocenters. The number of carbonyl (C=O) groups is 1. The minimum Gasteiger partial charge on any atom is -0.366 e. The molecule has 126 valence electrons. The average Bonchev–Trinajstić information content (AvgIpc) is 2.57. The number of nitrogens with zero attached hydrogens (tertiary/aromatic N) is 1. The minimum atomic E-state index is -0.438. The van der Waals surface area contributed by atoms with Crippen LogP contribution < -0.4 is 16.4 Å². The van der Waals surface area contributed by atoms with E-state index in [0.29, 0.717) is 34.7 Å². The molecule has 0 heterocycles. The smallest absolute Gasteiger partial charge is 0.248 e. The van der Waals surface area contributed by atoms with Crippen molar-refractivity contribution < 1.29 is 4.79 Å². The van der Waals surface area contributed by atoms with E-state index in [4.69, 9.17) is 28.9 Å². The maximum Gasteiger partial charge on any atom is 0.248 e. The van der Waals surface area contributed by atoms with Gasteiger partial charge in [0.2, 0.25) is 5.91 Å². The first kappa shape index (κ1) is 18.1. The second-order valence-corrected chi connectivity index (χ2v) is 5.92. The monoisotopic (exact) mass is 364 g/mol. The predicted octanol–water partition coefficient (Wildman–Crippen LogP) is 2.96. The van der Waals surface area contributed by atoms with E-state index in [1.54, 1.807) is 31.3 Å². The summed E-state index contributed by atoms with van der Waals surface area (Å²) in [5, 5.41) is 7.58. The Morgan fingerprint density at radius 2 is 1.75 bits per heavy atom. The molecular formula is C17H18Cl2N4O. The number of carbonyl (C=O) groups excluding carboxylic acids is 1. The first-order valence-corrected chi connectivity index (χ1v) is 8.02. The van der Waals surface area contributed by atoms with Crippen molar-refractivity contribution in [3.63, 3.8) is 0 Å². The van der Waals surface area contributed by atoms with Crippen molar-refractivity contribution in [2.75, 3.05) is 7.05 Å². The average molecular weight is 365 g/mol. The van der Waals surface area contributed by atoms with Gasteiger partial charge in [-0.25, -0.2) is 0 Å². The van der Waals surface area contributed by atoms with E-state index in [1.807, 2.05) is 18.2 Å².